The highest BCUT2D eigenvalue weighted by Gasteiger charge is 2.10. The van der Waals surface area contributed by atoms with Crippen LogP contribution in [0, 0.1) is 0 Å². The third-order valence-corrected chi connectivity index (χ3v) is 4.92. The maximum absolute atomic E-state index is 5.91. The third-order valence-electron chi connectivity index (χ3n) is 4.92. The van der Waals surface area contributed by atoms with E-state index in [2.05, 4.69) is 49.7 Å². The van der Waals surface area contributed by atoms with Gasteiger partial charge in [0, 0.05) is 25.2 Å². The van der Waals surface area contributed by atoms with E-state index >= 15 is 0 Å². The van der Waals surface area contributed by atoms with Crippen LogP contribution in [-0.4, -0.2) is 20.1 Å². The van der Waals surface area contributed by atoms with Crippen molar-refractivity contribution in [2.75, 3.05) is 11.1 Å². The quantitative estimate of drug-likeness (QED) is 0.393. The summed E-state index contributed by atoms with van der Waals surface area (Å²) in [6.07, 6.45) is 2.34. The summed E-state index contributed by atoms with van der Waals surface area (Å²) < 4.78 is 5.45. The predicted octanol–water partition coefficient (Wildman–Crippen LogP) is 4.40. The summed E-state index contributed by atoms with van der Waals surface area (Å²) in [5.41, 5.74) is 11.8. The van der Waals surface area contributed by atoms with E-state index in [9.17, 15) is 0 Å². The van der Waals surface area contributed by atoms with Gasteiger partial charge in [-0.3, -0.25) is 0 Å². The molecular formula is C23H20N6O. The van der Waals surface area contributed by atoms with Crippen molar-refractivity contribution in [2.45, 2.75) is 13.0 Å². The molecule has 2 aromatic carbocycles. The van der Waals surface area contributed by atoms with Gasteiger partial charge in [0.1, 0.15) is 5.82 Å². The van der Waals surface area contributed by atoms with E-state index in [-0.39, 0.29) is 0 Å². The zero-order valence-corrected chi connectivity index (χ0v) is 16.2. The van der Waals surface area contributed by atoms with Gasteiger partial charge in [-0.05, 0) is 35.4 Å². The predicted molar refractivity (Wildman–Crippen MR) is 117 cm³/mol. The van der Waals surface area contributed by atoms with Crippen LogP contribution in [0.2, 0.25) is 0 Å². The van der Waals surface area contributed by atoms with Crippen molar-refractivity contribution in [3.63, 3.8) is 0 Å². The van der Waals surface area contributed by atoms with E-state index < -0.39 is 0 Å². The van der Waals surface area contributed by atoms with Crippen molar-refractivity contribution in [1.82, 2.24) is 20.1 Å². The summed E-state index contributed by atoms with van der Waals surface area (Å²) in [6.45, 7) is 0.689. The van der Waals surface area contributed by atoms with Crippen LogP contribution in [0.4, 0.5) is 11.8 Å². The molecule has 5 aromatic rings. The van der Waals surface area contributed by atoms with E-state index in [1.807, 2.05) is 42.5 Å². The molecule has 0 atom stereocenters. The molecule has 0 fully saturated rings. The number of nitrogens with one attached hydrogen (secondary N) is 2. The minimum Gasteiger partial charge on any atom is -0.383 e. The van der Waals surface area contributed by atoms with Crippen LogP contribution in [0.25, 0.3) is 22.4 Å². The molecular weight excluding hydrogens is 376 g/mol. The van der Waals surface area contributed by atoms with Gasteiger partial charge >= 0.3 is 0 Å². The fourth-order valence-electron chi connectivity index (χ4n) is 3.35. The number of benzene rings is 2. The molecule has 0 aliphatic heterocycles. The number of aromatic nitrogens is 4. The molecule has 30 heavy (non-hydrogen) atoms. The van der Waals surface area contributed by atoms with Crippen molar-refractivity contribution in [2.24, 2.45) is 0 Å². The molecule has 5 rings (SSSR count). The molecule has 0 spiro atoms. The van der Waals surface area contributed by atoms with Gasteiger partial charge in [0.2, 0.25) is 5.95 Å². The van der Waals surface area contributed by atoms with Gasteiger partial charge in [-0.25, -0.2) is 9.97 Å². The Morgan fingerprint density at radius 1 is 0.967 bits per heavy atom. The Kier molecular flexibility index (Phi) is 4.61. The lowest BCUT2D eigenvalue weighted by atomic mass is 10.1. The number of nitrogens with zero attached hydrogens (tertiary/aromatic N) is 3. The highest BCUT2D eigenvalue weighted by atomic mass is 16.5. The first-order chi connectivity index (χ1) is 14.7. The molecule has 0 amide bonds. The maximum Gasteiger partial charge on any atom is 0.201 e. The Morgan fingerprint density at radius 3 is 2.63 bits per heavy atom. The van der Waals surface area contributed by atoms with Gasteiger partial charge < -0.3 is 20.6 Å². The number of hydrogen-bond donors (Lipinski definition) is 3. The summed E-state index contributed by atoms with van der Waals surface area (Å²) in [5, 5.41) is 7.50. The zero-order valence-electron chi connectivity index (χ0n) is 16.2. The molecule has 0 bridgehead atoms. The highest BCUT2D eigenvalue weighted by Crippen LogP contribution is 2.25. The number of imidazole rings is 1. The van der Waals surface area contributed by atoms with Gasteiger partial charge in [0.25, 0.3) is 0 Å². The van der Waals surface area contributed by atoms with Gasteiger partial charge in [-0.1, -0.05) is 41.6 Å². The topological polar surface area (TPSA) is 106 Å². The van der Waals surface area contributed by atoms with E-state index in [1.54, 1.807) is 6.20 Å². The summed E-state index contributed by atoms with van der Waals surface area (Å²) >= 11 is 0. The van der Waals surface area contributed by atoms with Crippen LogP contribution in [0.3, 0.4) is 0 Å². The molecule has 7 heteroatoms. The number of nitrogen functional groups attached to an aromatic ring is 1. The van der Waals surface area contributed by atoms with E-state index in [0.29, 0.717) is 24.5 Å². The normalized spacial score (nSPS) is 11.1. The molecule has 0 radical (unpaired) electrons. The van der Waals surface area contributed by atoms with Crippen LogP contribution < -0.4 is 11.1 Å². The lowest BCUT2D eigenvalue weighted by molar-refractivity contribution is 0.425. The molecule has 0 saturated heterocycles. The van der Waals surface area contributed by atoms with Gasteiger partial charge in [-0.2, -0.15) is 0 Å². The Hall–Kier alpha value is -4.13. The summed E-state index contributed by atoms with van der Waals surface area (Å²) in [4.78, 5) is 11.9. The molecule has 0 saturated carbocycles. The molecule has 3 heterocycles. The minimum atomic E-state index is 0.432. The lowest BCUT2D eigenvalue weighted by Gasteiger charge is -2.04. The second-order valence-electron chi connectivity index (χ2n) is 7.07. The summed E-state index contributed by atoms with van der Waals surface area (Å²) in [6, 6.07) is 22.0. The van der Waals surface area contributed by atoms with Crippen molar-refractivity contribution < 1.29 is 4.52 Å². The summed E-state index contributed by atoms with van der Waals surface area (Å²) in [7, 11) is 0. The molecule has 0 unspecified atom stereocenters. The molecule has 0 aliphatic rings. The van der Waals surface area contributed by atoms with Crippen LogP contribution in [0.1, 0.15) is 16.8 Å². The number of nitrogens with two attached hydrogens (primary N) is 1. The van der Waals surface area contributed by atoms with Gasteiger partial charge in [-0.15, -0.1) is 0 Å². The minimum absolute atomic E-state index is 0.432. The Labute approximate surface area is 173 Å². The number of aromatic amines is 1. The van der Waals surface area contributed by atoms with Crippen LogP contribution in [0.5, 0.6) is 0 Å². The Balaban J connectivity index is 1.23. The molecule has 4 N–H and O–H groups in total. The zero-order chi connectivity index (χ0) is 20.3. The van der Waals surface area contributed by atoms with E-state index in [1.165, 1.54) is 5.56 Å². The van der Waals surface area contributed by atoms with Crippen LogP contribution >= 0.6 is 0 Å². The molecule has 7 nitrogen and oxygen atoms in total. The molecule has 148 valence electrons. The lowest BCUT2D eigenvalue weighted by Crippen LogP contribution is -2.01. The fourth-order valence-corrected chi connectivity index (χ4v) is 3.35. The first kappa shape index (κ1) is 17.9. The maximum atomic E-state index is 5.91. The number of H-pyrrole nitrogens is 1. The molecule has 3 aromatic heterocycles. The van der Waals surface area contributed by atoms with Crippen molar-refractivity contribution >= 4 is 22.8 Å². The van der Waals surface area contributed by atoms with Crippen LogP contribution in [0.15, 0.2) is 77.4 Å². The van der Waals surface area contributed by atoms with Gasteiger partial charge in [0.05, 0.1) is 22.3 Å². The third kappa shape index (κ3) is 3.73. The second-order valence-corrected chi connectivity index (χ2v) is 7.07. The Bertz CT molecular complexity index is 1260. The Morgan fingerprint density at radius 2 is 1.80 bits per heavy atom. The molecule has 0 aliphatic carbocycles. The monoisotopic (exact) mass is 396 g/mol. The van der Waals surface area contributed by atoms with E-state index in [4.69, 9.17) is 10.3 Å². The average Bonchev–Trinajstić information content (AvgIpc) is 3.40. The van der Waals surface area contributed by atoms with E-state index in [0.717, 1.165) is 33.8 Å². The fraction of sp³-hybridized carbons (Fsp3) is 0.0870. The number of rotatable bonds is 6. The number of anilines is 2. The average molecular weight is 396 g/mol. The van der Waals surface area contributed by atoms with Crippen molar-refractivity contribution in [3.05, 3.63) is 89.7 Å². The largest absolute Gasteiger partial charge is 0.383 e. The van der Waals surface area contributed by atoms with Crippen molar-refractivity contribution in [1.29, 1.82) is 0 Å². The van der Waals surface area contributed by atoms with Crippen molar-refractivity contribution in [3.8, 4) is 11.3 Å². The first-order valence-electron chi connectivity index (χ1n) is 9.67. The number of fused-ring (bicyclic) bond motifs is 1. The second kappa shape index (κ2) is 7.71. The summed E-state index contributed by atoms with van der Waals surface area (Å²) in [5.74, 6) is 1.83. The SMILES string of the molecule is Nc1ncccc1-c1cc(Cc2ccc(CNc3nc4ccccc4[nH]3)cc2)no1. The standard InChI is InChI=1S/C23H20N6O/c24-22-18(4-3-11-25-22)21-13-17(29-30-21)12-15-7-9-16(10-8-15)14-26-23-27-19-5-1-2-6-20(19)28-23/h1-11,13H,12,14H2,(H2,24,25)(H2,26,27,28). The highest BCUT2D eigenvalue weighted by molar-refractivity contribution is 5.77. The number of para-hydroxylation sites is 2. The first-order valence-corrected chi connectivity index (χ1v) is 9.67. The van der Waals surface area contributed by atoms with Crippen LogP contribution in [-0.2, 0) is 13.0 Å². The smallest absolute Gasteiger partial charge is 0.201 e. The number of hydrogen-bond acceptors (Lipinski definition) is 6. The number of pyridine rings is 1. The van der Waals surface area contributed by atoms with Gasteiger partial charge in [0.15, 0.2) is 5.76 Å².